The molecule has 0 aromatic heterocycles. The normalized spacial score (nSPS) is 15.2. The Hall–Kier alpha value is -1.24. The second-order valence-corrected chi connectivity index (χ2v) is 4.64. The lowest BCUT2D eigenvalue weighted by molar-refractivity contribution is -0.376. The summed E-state index contributed by atoms with van der Waals surface area (Å²) in [7, 11) is 0. The fourth-order valence-corrected chi connectivity index (χ4v) is 1.79. The Morgan fingerprint density at radius 1 is 1.05 bits per heavy atom. The Kier molecular flexibility index (Phi) is 4.43. The molecule has 0 spiro atoms. The summed E-state index contributed by atoms with van der Waals surface area (Å²) in [4.78, 5) is 0. The van der Waals surface area contributed by atoms with Crippen LogP contribution in [0.5, 0.6) is 0 Å². The Morgan fingerprint density at radius 3 is 1.95 bits per heavy atom. The maximum Gasteiger partial charge on any atom is 0.430 e. The summed E-state index contributed by atoms with van der Waals surface area (Å²) in [5.41, 5.74) is -5.75. The van der Waals surface area contributed by atoms with Gasteiger partial charge in [0.05, 0.1) is 0 Å². The Bertz CT molecular complexity index is 449. The minimum absolute atomic E-state index is 0.208. The van der Waals surface area contributed by atoms with Crippen LogP contribution in [0.15, 0.2) is 24.3 Å². The van der Waals surface area contributed by atoms with E-state index in [0.29, 0.717) is 18.1 Å². The van der Waals surface area contributed by atoms with Crippen LogP contribution in [-0.4, -0.2) is 17.5 Å². The predicted molar refractivity (Wildman–Crippen MR) is 61.2 cm³/mol. The predicted octanol–water partition coefficient (Wildman–Crippen LogP) is 4.51. The molecule has 1 aromatic carbocycles. The van der Waals surface area contributed by atoms with Crippen molar-refractivity contribution < 1.29 is 31.4 Å². The van der Waals surface area contributed by atoms with E-state index in [1.54, 1.807) is 13.8 Å². The van der Waals surface area contributed by atoms with Crippen LogP contribution >= 0.6 is 0 Å². The Balaban J connectivity index is 3.45. The lowest BCUT2D eigenvalue weighted by atomic mass is 9.88. The fraction of sp³-hybridized carbons (Fsp3) is 0.538. The van der Waals surface area contributed by atoms with E-state index in [2.05, 4.69) is 0 Å². The summed E-state index contributed by atoms with van der Waals surface area (Å²) in [5, 5.41) is 9.28. The van der Waals surface area contributed by atoms with Crippen LogP contribution in [0.4, 0.5) is 26.3 Å². The molecule has 0 heterocycles. The van der Waals surface area contributed by atoms with Crippen LogP contribution in [0.2, 0.25) is 0 Å². The number of hydrogen-bond acceptors (Lipinski definition) is 1. The highest BCUT2D eigenvalue weighted by Crippen LogP contribution is 2.50. The third kappa shape index (κ3) is 2.77. The smallest absolute Gasteiger partial charge is 0.369 e. The van der Waals surface area contributed by atoms with Gasteiger partial charge in [-0.05, 0) is 17.9 Å². The first-order valence-corrected chi connectivity index (χ1v) is 5.91. The quantitative estimate of drug-likeness (QED) is 0.814. The molecular formula is C13H14F6O. The molecule has 0 saturated carbocycles. The zero-order chi connectivity index (χ0) is 15.8. The van der Waals surface area contributed by atoms with Crippen LogP contribution in [-0.2, 0) is 5.60 Å². The highest BCUT2D eigenvalue weighted by Gasteiger charge is 2.71. The fourth-order valence-electron chi connectivity index (χ4n) is 1.79. The molecule has 114 valence electrons. The molecule has 0 aliphatic heterocycles. The van der Waals surface area contributed by atoms with E-state index in [-0.39, 0.29) is 5.92 Å². The molecular weight excluding hydrogens is 286 g/mol. The number of hydrogen-bond donors (Lipinski definition) is 1. The SMILES string of the molecule is CCC(C)c1cccc(C(O)(C(F)(F)F)C(F)(F)F)c1. The second-order valence-electron chi connectivity index (χ2n) is 4.64. The topological polar surface area (TPSA) is 20.2 Å². The minimum atomic E-state index is -5.85. The first-order chi connectivity index (χ1) is 8.95. The molecule has 0 radical (unpaired) electrons. The largest absolute Gasteiger partial charge is 0.430 e. The first-order valence-electron chi connectivity index (χ1n) is 5.91. The summed E-state index contributed by atoms with van der Waals surface area (Å²) >= 11 is 0. The van der Waals surface area contributed by atoms with Crippen LogP contribution < -0.4 is 0 Å². The van der Waals surface area contributed by atoms with Gasteiger partial charge >= 0.3 is 12.4 Å². The minimum Gasteiger partial charge on any atom is -0.369 e. The van der Waals surface area contributed by atoms with Gasteiger partial charge in [0.1, 0.15) is 0 Å². The maximum absolute atomic E-state index is 12.7. The average Bonchev–Trinajstić information content (AvgIpc) is 2.34. The monoisotopic (exact) mass is 300 g/mol. The number of halogens is 6. The molecule has 0 amide bonds. The van der Waals surface area contributed by atoms with E-state index in [1.165, 1.54) is 6.07 Å². The standard InChI is InChI=1S/C13H14F6O/c1-3-8(2)9-5-4-6-10(7-9)11(20,12(14,15)16)13(17,18)19/h4-8,20H,3H2,1-2H3. The molecule has 1 rings (SSSR count). The highest BCUT2D eigenvalue weighted by molar-refractivity contribution is 5.32. The number of benzene rings is 1. The zero-order valence-electron chi connectivity index (χ0n) is 10.8. The average molecular weight is 300 g/mol. The first kappa shape index (κ1) is 16.8. The van der Waals surface area contributed by atoms with E-state index in [4.69, 9.17) is 0 Å². The van der Waals surface area contributed by atoms with E-state index < -0.39 is 23.5 Å². The van der Waals surface area contributed by atoms with Crippen molar-refractivity contribution in [3.63, 3.8) is 0 Å². The molecule has 1 nitrogen and oxygen atoms in total. The maximum atomic E-state index is 12.7. The molecule has 0 bridgehead atoms. The highest BCUT2D eigenvalue weighted by atomic mass is 19.4. The van der Waals surface area contributed by atoms with Gasteiger partial charge in [-0.3, -0.25) is 0 Å². The van der Waals surface area contributed by atoms with E-state index in [1.807, 2.05) is 0 Å². The number of alkyl halides is 6. The molecule has 0 fully saturated rings. The second kappa shape index (κ2) is 5.27. The van der Waals surface area contributed by atoms with Gasteiger partial charge in [0, 0.05) is 5.56 Å². The van der Waals surface area contributed by atoms with Crippen molar-refractivity contribution in [1.82, 2.24) is 0 Å². The van der Waals surface area contributed by atoms with Gasteiger partial charge in [0.2, 0.25) is 0 Å². The van der Waals surface area contributed by atoms with Gasteiger partial charge in [0.15, 0.2) is 0 Å². The van der Waals surface area contributed by atoms with Gasteiger partial charge in [-0.15, -0.1) is 0 Å². The van der Waals surface area contributed by atoms with Crippen molar-refractivity contribution in [2.24, 2.45) is 0 Å². The molecule has 1 N–H and O–H groups in total. The van der Waals surface area contributed by atoms with Gasteiger partial charge in [-0.25, -0.2) is 0 Å². The van der Waals surface area contributed by atoms with Crippen molar-refractivity contribution in [1.29, 1.82) is 0 Å². The van der Waals surface area contributed by atoms with E-state index in [0.717, 1.165) is 12.1 Å². The van der Waals surface area contributed by atoms with Gasteiger partial charge in [-0.1, -0.05) is 38.1 Å². The molecule has 1 unspecified atom stereocenters. The molecule has 0 aliphatic rings. The van der Waals surface area contributed by atoms with Crippen LogP contribution in [0, 0.1) is 0 Å². The van der Waals surface area contributed by atoms with Gasteiger partial charge < -0.3 is 5.11 Å². The lowest BCUT2D eigenvalue weighted by Crippen LogP contribution is -2.53. The Morgan fingerprint density at radius 2 is 1.55 bits per heavy atom. The molecule has 20 heavy (non-hydrogen) atoms. The third-order valence-corrected chi connectivity index (χ3v) is 3.31. The van der Waals surface area contributed by atoms with Crippen molar-refractivity contribution >= 4 is 0 Å². The number of rotatable bonds is 3. The summed E-state index contributed by atoms with van der Waals surface area (Å²) in [6, 6.07) is 3.91. The van der Waals surface area contributed by atoms with Crippen molar-refractivity contribution in [3.05, 3.63) is 35.4 Å². The molecule has 7 heteroatoms. The summed E-state index contributed by atoms with van der Waals surface area (Å²) in [6.07, 6.45) is -11.1. The summed E-state index contributed by atoms with van der Waals surface area (Å²) in [6.45, 7) is 3.44. The van der Waals surface area contributed by atoms with Crippen molar-refractivity contribution in [2.45, 2.75) is 44.1 Å². The number of aliphatic hydroxyl groups is 1. The summed E-state index contributed by atoms with van der Waals surface area (Å²) < 4.78 is 76.4. The van der Waals surface area contributed by atoms with Crippen molar-refractivity contribution in [3.8, 4) is 0 Å². The lowest BCUT2D eigenvalue weighted by Gasteiger charge is -2.33. The van der Waals surface area contributed by atoms with Crippen LogP contribution in [0.3, 0.4) is 0 Å². The third-order valence-electron chi connectivity index (χ3n) is 3.31. The molecule has 0 aliphatic carbocycles. The van der Waals surface area contributed by atoms with Crippen LogP contribution in [0.25, 0.3) is 0 Å². The zero-order valence-corrected chi connectivity index (χ0v) is 10.8. The van der Waals surface area contributed by atoms with Crippen LogP contribution in [0.1, 0.15) is 37.3 Å². The summed E-state index contributed by atoms with van der Waals surface area (Å²) in [5.74, 6) is -0.208. The molecule has 0 saturated heterocycles. The Labute approximate surface area is 112 Å². The van der Waals surface area contributed by atoms with Crippen molar-refractivity contribution in [2.75, 3.05) is 0 Å². The van der Waals surface area contributed by atoms with Gasteiger partial charge in [-0.2, -0.15) is 26.3 Å². The van der Waals surface area contributed by atoms with E-state index in [9.17, 15) is 31.4 Å². The van der Waals surface area contributed by atoms with Gasteiger partial charge in [0.25, 0.3) is 5.60 Å². The molecule has 1 aromatic rings. The van der Waals surface area contributed by atoms with E-state index >= 15 is 0 Å². The molecule has 1 atom stereocenters.